The normalized spacial score (nSPS) is 19.2. The predicted molar refractivity (Wildman–Crippen MR) is 118 cm³/mol. The highest BCUT2D eigenvalue weighted by molar-refractivity contribution is 8.00. The minimum atomic E-state index is -2.92. The number of hydrogen-bond acceptors (Lipinski definition) is 6. The van der Waals surface area contributed by atoms with Crippen LogP contribution >= 0.6 is 11.8 Å². The lowest BCUT2D eigenvalue weighted by Crippen LogP contribution is -2.40. The van der Waals surface area contributed by atoms with Crippen molar-refractivity contribution in [1.29, 1.82) is 0 Å². The van der Waals surface area contributed by atoms with E-state index in [0.717, 1.165) is 10.7 Å². The number of aromatic nitrogens is 1. The molecule has 0 bridgehead atoms. The largest absolute Gasteiger partial charge is 0.369 e. The molecular formula is C21H25N3O3S2. The van der Waals surface area contributed by atoms with Gasteiger partial charge in [0.2, 0.25) is 0 Å². The van der Waals surface area contributed by atoms with Crippen molar-refractivity contribution in [3.8, 4) is 0 Å². The fourth-order valence-corrected chi connectivity index (χ4v) is 6.27. The zero-order valence-corrected chi connectivity index (χ0v) is 17.8. The van der Waals surface area contributed by atoms with Crippen LogP contribution in [-0.2, 0) is 9.84 Å². The second-order valence-corrected chi connectivity index (χ2v) is 11.1. The van der Waals surface area contributed by atoms with Crippen LogP contribution in [0.25, 0.3) is 0 Å². The quantitative estimate of drug-likeness (QED) is 0.779. The number of pyridine rings is 1. The Hall–Kier alpha value is -2.06. The molecule has 0 radical (unpaired) electrons. The third-order valence-electron chi connectivity index (χ3n) is 5.41. The van der Waals surface area contributed by atoms with E-state index in [4.69, 9.17) is 0 Å². The molecule has 1 aromatic heterocycles. The second-order valence-electron chi connectivity index (χ2n) is 7.52. The number of amides is 1. The first-order chi connectivity index (χ1) is 14.0. The summed E-state index contributed by atoms with van der Waals surface area (Å²) < 4.78 is 23.3. The van der Waals surface area contributed by atoms with Crippen molar-refractivity contribution in [3.05, 3.63) is 48.2 Å². The summed E-state index contributed by atoms with van der Waals surface area (Å²) in [6, 6.07) is 11.2. The van der Waals surface area contributed by atoms with Gasteiger partial charge in [0.1, 0.15) is 5.03 Å². The molecule has 29 heavy (non-hydrogen) atoms. The van der Waals surface area contributed by atoms with Crippen molar-refractivity contribution < 1.29 is 13.2 Å². The molecule has 1 amide bonds. The van der Waals surface area contributed by atoms with E-state index in [0.29, 0.717) is 29.6 Å². The van der Waals surface area contributed by atoms with Crippen LogP contribution in [0.15, 0.2) is 47.6 Å². The van der Waals surface area contributed by atoms with Crippen LogP contribution in [0.3, 0.4) is 0 Å². The summed E-state index contributed by atoms with van der Waals surface area (Å²) in [6.45, 7) is 0.953. The van der Waals surface area contributed by atoms with Crippen molar-refractivity contribution in [3.63, 3.8) is 0 Å². The molecule has 1 saturated carbocycles. The Labute approximate surface area is 176 Å². The molecular weight excluding hydrogens is 406 g/mol. The topological polar surface area (TPSA) is 79.4 Å². The van der Waals surface area contributed by atoms with Gasteiger partial charge in [-0.1, -0.05) is 18.9 Å². The molecule has 4 rings (SSSR count). The van der Waals surface area contributed by atoms with E-state index in [1.165, 1.54) is 25.7 Å². The molecule has 2 aromatic rings. The van der Waals surface area contributed by atoms with Gasteiger partial charge >= 0.3 is 0 Å². The van der Waals surface area contributed by atoms with Crippen molar-refractivity contribution in [1.82, 2.24) is 4.98 Å². The lowest BCUT2D eigenvalue weighted by Gasteiger charge is -2.29. The molecule has 1 saturated heterocycles. The van der Waals surface area contributed by atoms with Gasteiger partial charge < -0.3 is 10.2 Å². The smallest absolute Gasteiger partial charge is 0.258 e. The number of carbonyl (C=O) groups excluding carboxylic acids is 1. The Morgan fingerprint density at radius 3 is 2.62 bits per heavy atom. The number of hydrogen-bond donors (Lipinski definition) is 1. The predicted octanol–water partition coefficient (Wildman–Crippen LogP) is 3.60. The summed E-state index contributed by atoms with van der Waals surface area (Å²) in [5.74, 6) is 0.166. The zero-order valence-electron chi connectivity index (χ0n) is 16.2. The summed E-state index contributed by atoms with van der Waals surface area (Å²) >= 11 is 1.71. The molecule has 0 spiro atoms. The highest BCUT2D eigenvalue weighted by Crippen LogP contribution is 2.35. The lowest BCUT2D eigenvalue weighted by atomic mass is 10.2. The highest BCUT2D eigenvalue weighted by Gasteiger charge is 2.23. The lowest BCUT2D eigenvalue weighted by molar-refractivity contribution is 0.102. The molecule has 6 nitrogen and oxygen atoms in total. The van der Waals surface area contributed by atoms with E-state index in [1.807, 2.05) is 35.2 Å². The van der Waals surface area contributed by atoms with Crippen LogP contribution in [0.5, 0.6) is 0 Å². The maximum Gasteiger partial charge on any atom is 0.258 e. The van der Waals surface area contributed by atoms with Gasteiger partial charge in [-0.05, 0) is 43.2 Å². The Balaban J connectivity index is 1.46. The van der Waals surface area contributed by atoms with Gasteiger partial charge in [-0.25, -0.2) is 13.4 Å². The number of carbonyl (C=O) groups is 1. The monoisotopic (exact) mass is 431 g/mol. The Morgan fingerprint density at radius 1 is 1.10 bits per heavy atom. The fourth-order valence-electron chi connectivity index (χ4n) is 3.77. The molecule has 1 N–H and O–H groups in total. The third-order valence-corrected chi connectivity index (χ3v) is 8.37. The molecule has 2 fully saturated rings. The minimum Gasteiger partial charge on any atom is -0.369 e. The van der Waals surface area contributed by atoms with E-state index in [9.17, 15) is 13.2 Å². The van der Waals surface area contributed by atoms with Gasteiger partial charge in [0.05, 0.1) is 17.1 Å². The maximum absolute atomic E-state index is 12.9. The summed E-state index contributed by atoms with van der Waals surface area (Å²) in [5, 5.41) is 4.31. The molecule has 1 aliphatic heterocycles. The first kappa shape index (κ1) is 20.2. The van der Waals surface area contributed by atoms with E-state index in [1.54, 1.807) is 24.0 Å². The first-order valence-electron chi connectivity index (χ1n) is 9.99. The number of nitrogens with one attached hydrogen (secondary N) is 1. The second kappa shape index (κ2) is 8.75. The highest BCUT2D eigenvalue weighted by atomic mass is 32.2. The van der Waals surface area contributed by atoms with E-state index in [2.05, 4.69) is 10.3 Å². The Morgan fingerprint density at radius 2 is 1.86 bits per heavy atom. The third kappa shape index (κ3) is 5.11. The number of nitrogens with zero attached hydrogens (tertiary/aromatic N) is 2. The zero-order chi connectivity index (χ0) is 20.3. The number of benzene rings is 1. The van der Waals surface area contributed by atoms with Crippen molar-refractivity contribution in [2.45, 2.75) is 36.0 Å². The van der Waals surface area contributed by atoms with Crippen molar-refractivity contribution in [2.75, 3.05) is 34.8 Å². The standard InChI is InChI=1S/C21H25N3O3S2/c25-20(19-9-4-10-22-21(19)28-18-7-1-2-8-18)23-16-5-3-6-17(15-16)24-11-13-29(26,27)14-12-24/h3-6,9-10,15,18H,1-2,7-8,11-14H2,(H,23,25). The van der Waals surface area contributed by atoms with Gasteiger partial charge in [0.25, 0.3) is 5.91 Å². The minimum absolute atomic E-state index is 0.168. The van der Waals surface area contributed by atoms with Crippen LogP contribution in [0.2, 0.25) is 0 Å². The molecule has 0 atom stereocenters. The van der Waals surface area contributed by atoms with Crippen molar-refractivity contribution >= 4 is 38.9 Å². The fraction of sp³-hybridized carbons (Fsp3) is 0.429. The summed E-state index contributed by atoms with van der Waals surface area (Å²) in [6.07, 6.45) is 6.58. The van der Waals surface area contributed by atoms with Gasteiger partial charge in [-0.3, -0.25) is 4.79 Å². The average molecular weight is 432 g/mol. The van der Waals surface area contributed by atoms with Gasteiger partial charge in [-0.15, -0.1) is 11.8 Å². The summed E-state index contributed by atoms with van der Waals surface area (Å²) in [4.78, 5) is 19.4. The van der Waals surface area contributed by atoms with Crippen LogP contribution in [0.1, 0.15) is 36.0 Å². The van der Waals surface area contributed by atoms with Crippen molar-refractivity contribution in [2.24, 2.45) is 0 Å². The van der Waals surface area contributed by atoms with Crippen LogP contribution in [-0.4, -0.2) is 49.2 Å². The summed E-state index contributed by atoms with van der Waals surface area (Å²) in [5.41, 5.74) is 2.21. The molecule has 154 valence electrons. The summed E-state index contributed by atoms with van der Waals surface area (Å²) in [7, 11) is -2.92. The van der Waals surface area contributed by atoms with Gasteiger partial charge in [-0.2, -0.15) is 0 Å². The van der Waals surface area contributed by atoms with Gasteiger partial charge in [0.15, 0.2) is 9.84 Å². The first-order valence-corrected chi connectivity index (χ1v) is 12.7. The SMILES string of the molecule is O=C(Nc1cccc(N2CCS(=O)(=O)CC2)c1)c1cccnc1SC1CCCC1. The van der Waals surface area contributed by atoms with Crippen LogP contribution < -0.4 is 10.2 Å². The number of rotatable bonds is 5. The Bertz CT molecular complexity index is 974. The van der Waals surface area contributed by atoms with E-state index >= 15 is 0 Å². The van der Waals surface area contributed by atoms with Gasteiger partial charge in [0, 0.05) is 35.9 Å². The van der Waals surface area contributed by atoms with Crippen LogP contribution in [0.4, 0.5) is 11.4 Å². The molecule has 1 aliphatic carbocycles. The molecule has 1 aromatic carbocycles. The number of anilines is 2. The maximum atomic E-state index is 12.9. The van der Waals surface area contributed by atoms with Crippen LogP contribution in [0, 0.1) is 0 Å². The number of thioether (sulfide) groups is 1. The number of sulfone groups is 1. The average Bonchev–Trinajstić information content (AvgIpc) is 3.21. The van der Waals surface area contributed by atoms with E-state index < -0.39 is 9.84 Å². The molecule has 2 heterocycles. The van der Waals surface area contributed by atoms with E-state index in [-0.39, 0.29) is 17.4 Å². The Kier molecular flexibility index (Phi) is 6.10. The molecule has 0 unspecified atom stereocenters. The molecule has 8 heteroatoms. The molecule has 2 aliphatic rings.